The fraction of sp³-hybridized carbons (Fsp3) is 0.389. The highest BCUT2D eigenvalue weighted by Gasteiger charge is 2.26. The molecule has 2 aromatic carbocycles. The fourth-order valence-electron chi connectivity index (χ4n) is 3.13. The van der Waals surface area contributed by atoms with Crippen molar-refractivity contribution in [3.63, 3.8) is 0 Å². The van der Waals surface area contributed by atoms with Gasteiger partial charge in [0.25, 0.3) is 0 Å². The van der Waals surface area contributed by atoms with E-state index in [1.165, 1.54) is 12.8 Å². The normalized spacial score (nSPS) is 21.9. The molecule has 21 heavy (non-hydrogen) atoms. The highest BCUT2D eigenvalue weighted by atomic mass is 14.9. The molecule has 3 nitrogen and oxygen atoms in total. The molecule has 1 aliphatic rings. The van der Waals surface area contributed by atoms with Crippen LogP contribution in [0.2, 0.25) is 0 Å². The van der Waals surface area contributed by atoms with E-state index in [4.69, 9.17) is 0 Å². The van der Waals surface area contributed by atoms with E-state index in [9.17, 15) is 5.26 Å². The van der Waals surface area contributed by atoms with Gasteiger partial charge < -0.3 is 10.6 Å². The van der Waals surface area contributed by atoms with Crippen molar-refractivity contribution < 1.29 is 0 Å². The van der Waals surface area contributed by atoms with Gasteiger partial charge >= 0.3 is 0 Å². The van der Waals surface area contributed by atoms with Crippen molar-refractivity contribution in [1.29, 1.82) is 5.26 Å². The largest absolute Gasteiger partial charge is 0.384 e. The van der Waals surface area contributed by atoms with E-state index in [2.05, 4.69) is 29.7 Å². The Morgan fingerprint density at radius 2 is 2.05 bits per heavy atom. The van der Waals surface area contributed by atoms with Crippen molar-refractivity contribution >= 4 is 16.5 Å². The van der Waals surface area contributed by atoms with Crippen LogP contribution < -0.4 is 10.6 Å². The van der Waals surface area contributed by atoms with Crippen molar-refractivity contribution in [1.82, 2.24) is 5.32 Å². The molecule has 0 aliphatic carbocycles. The molecule has 1 saturated heterocycles. The highest BCUT2D eigenvalue weighted by Crippen LogP contribution is 2.30. The van der Waals surface area contributed by atoms with Crippen molar-refractivity contribution in [3.05, 3.63) is 42.0 Å². The summed E-state index contributed by atoms with van der Waals surface area (Å²) in [6.07, 6.45) is 2.49. The Hall–Kier alpha value is -2.05. The first-order valence-electron chi connectivity index (χ1n) is 7.58. The average Bonchev–Trinajstić information content (AvgIpc) is 2.53. The van der Waals surface area contributed by atoms with Crippen LogP contribution in [0.15, 0.2) is 36.4 Å². The zero-order valence-electron chi connectivity index (χ0n) is 12.4. The van der Waals surface area contributed by atoms with Gasteiger partial charge in [-0.2, -0.15) is 5.26 Å². The topological polar surface area (TPSA) is 47.9 Å². The molecule has 1 aliphatic heterocycles. The van der Waals surface area contributed by atoms with Gasteiger partial charge in [0.2, 0.25) is 0 Å². The Morgan fingerprint density at radius 1 is 1.24 bits per heavy atom. The predicted octanol–water partition coefficient (Wildman–Crippen LogP) is 3.51. The van der Waals surface area contributed by atoms with E-state index >= 15 is 0 Å². The summed E-state index contributed by atoms with van der Waals surface area (Å²) in [5.41, 5.74) is 2.16. The molecule has 0 amide bonds. The zero-order valence-corrected chi connectivity index (χ0v) is 12.4. The summed E-state index contributed by atoms with van der Waals surface area (Å²) in [5, 5.41) is 18.5. The van der Waals surface area contributed by atoms with E-state index in [1.54, 1.807) is 0 Å². The third-order valence-corrected chi connectivity index (χ3v) is 4.44. The van der Waals surface area contributed by atoms with Crippen LogP contribution in [0.25, 0.3) is 10.8 Å². The molecular formula is C18H21N3. The van der Waals surface area contributed by atoms with Gasteiger partial charge in [0.15, 0.2) is 0 Å². The lowest BCUT2D eigenvalue weighted by Gasteiger charge is -2.34. The number of nitrogens with one attached hydrogen (secondary N) is 2. The first-order chi connectivity index (χ1) is 10.2. The van der Waals surface area contributed by atoms with Gasteiger partial charge in [-0.1, -0.05) is 31.2 Å². The number of rotatable bonds is 3. The minimum Gasteiger partial charge on any atom is -0.384 e. The fourth-order valence-corrected chi connectivity index (χ4v) is 3.13. The Bertz CT molecular complexity index is 678. The van der Waals surface area contributed by atoms with Crippen molar-refractivity contribution in [2.24, 2.45) is 5.41 Å². The predicted molar refractivity (Wildman–Crippen MR) is 87.4 cm³/mol. The maximum Gasteiger partial charge on any atom is 0.0998 e. The maximum absolute atomic E-state index is 9.22. The van der Waals surface area contributed by atoms with Crippen molar-refractivity contribution in [3.8, 4) is 6.07 Å². The summed E-state index contributed by atoms with van der Waals surface area (Å²) in [7, 11) is 0. The quantitative estimate of drug-likeness (QED) is 0.904. The summed E-state index contributed by atoms with van der Waals surface area (Å²) in [5.74, 6) is 0. The summed E-state index contributed by atoms with van der Waals surface area (Å²) < 4.78 is 0. The lowest BCUT2D eigenvalue weighted by molar-refractivity contribution is 0.253. The Labute approximate surface area is 126 Å². The number of anilines is 1. The van der Waals surface area contributed by atoms with E-state index in [0.29, 0.717) is 5.41 Å². The molecule has 0 radical (unpaired) electrons. The van der Waals surface area contributed by atoms with Crippen LogP contribution in [0.4, 0.5) is 5.69 Å². The molecule has 1 atom stereocenters. The minimum absolute atomic E-state index is 0.299. The molecule has 0 bridgehead atoms. The molecule has 0 aromatic heterocycles. The monoisotopic (exact) mass is 279 g/mol. The summed E-state index contributed by atoms with van der Waals surface area (Å²) in [4.78, 5) is 0. The molecule has 3 rings (SSSR count). The first kappa shape index (κ1) is 13.9. The molecule has 0 spiro atoms. The maximum atomic E-state index is 9.22. The van der Waals surface area contributed by atoms with Crippen LogP contribution >= 0.6 is 0 Å². The van der Waals surface area contributed by atoms with E-state index < -0.39 is 0 Å². The Kier molecular flexibility index (Phi) is 3.81. The van der Waals surface area contributed by atoms with Gasteiger partial charge in [-0.25, -0.2) is 0 Å². The highest BCUT2D eigenvalue weighted by molar-refractivity contribution is 5.97. The third-order valence-electron chi connectivity index (χ3n) is 4.44. The number of piperidine rings is 1. The number of hydrogen-bond donors (Lipinski definition) is 2. The van der Waals surface area contributed by atoms with Gasteiger partial charge in [0.1, 0.15) is 0 Å². The standard InChI is InChI=1S/C18H21N3/c1-18(9-4-10-20-12-18)13-21-17-8-7-14(11-19)15-5-2-3-6-16(15)17/h2-3,5-8,20-21H,4,9-10,12-13H2,1H3. The molecule has 2 N–H and O–H groups in total. The van der Waals surface area contributed by atoms with Crippen LogP contribution in [0, 0.1) is 16.7 Å². The number of benzene rings is 2. The van der Waals surface area contributed by atoms with Crippen LogP contribution in [0.1, 0.15) is 25.3 Å². The number of hydrogen-bond acceptors (Lipinski definition) is 3. The molecule has 1 fully saturated rings. The molecule has 1 unspecified atom stereocenters. The van der Waals surface area contributed by atoms with E-state index in [-0.39, 0.29) is 0 Å². The summed E-state index contributed by atoms with van der Waals surface area (Å²) in [6, 6.07) is 14.3. The Balaban J connectivity index is 1.86. The van der Waals surface area contributed by atoms with Crippen molar-refractivity contribution in [2.45, 2.75) is 19.8 Å². The zero-order chi connectivity index (χ0) is 14.7. The summed E-state index contributed by atoms with van der Waals surface area (Å²) >= 11 is 0. The molecule has 0 saturated carbocycles. The van der Waals surface area contributed by atoms with Crippen LogP contribution in [0.3, 0.4) is 0 Å². The van der Waals surface area contributed by atoms with Gasteiger partial charge in [-0.3, -0.25) is 0 Å². The SMILES string of the molecule is CC1(CNc2ccc(C#N)c3ccccc23)CCCNC1. The van der Waals surface area contributed by atoms with E-state index in [1.807, 2.05) is 30.3 Å². The molecule has 3 heteroatoms. The molecular weight excluding hydrogens is 258 g/mol. The Morgan fingerprint density at radius 3 is 2.76 bits per heavy atom. The van der Waals surface area contributed by atoms with Gasteiger partial charge in [-0.15, -0.1) is 0 Å². The number of fused-ring (bicyclic) bond motifs is 1. The van der Waals surface area contributed by atoms with Crippen molar-refractivity contribution in [2.75, 3.05) is 25.0 Å². The third kappa shape index (κ3) is 2.86. The van der Waals surface area contributed by atoms with Gasteiger partial charge in [-0.05, 0) is 36.9 Å². The van der Waals surface area contributed by atoms with E-state index in [0.717, 1.165) is 41.7 Å². The van der Waals surface area contributed by atoms with Crippen LogP contribution in [-0.4, -0.2) is 19.6 Å². The molecule has 108 valence electrons. The first-order valence-corrected chi connectivity index (χ1v) is 7.58. The lowest BCUT2D eigenvalue weighted by atomic mass is 9.82. The van der Waals surface area contributed by atoms with Gasteiger partial charge in [0.05, 0.1) is 11.6 Å². The second-order valence-electron chi connectivity index (χ2n) is 6.26. The minimum atomic E-state index is 0.299. The molecule has 1 heterocycles. The average molecular weight is 279 g/mol. The lowest BCUT2D eigenvalue weighted by Crippen LogP contribution is -2.42. The van der Waals surface area contributed by atoms with Gasteiger partial charge in [0, 0.05) is 29.5 Å². The smallest absolute Gasteiger partial charge is 0.0998 e. The second kappa shape index (κ2) is 5.75. The second-order valence-corrected chi connectivity index (χ2v) is 6.26. The molecule has 2 aromatic rings. The van der Waals surface area contributed by atoms with Crippen LogP contribution in [0.5, 0.6) is 0 Å². The van der Waals surface area contributed by atoms with Crippen LogP contribution in [-0.2, 0) is 0 Å². The number of nitrogens with zero attached hydrogens (tertiary/aromatic N) is 1. The number of nitriles is 1. The summed E-state index contributed by atoms with van der Waals surface area (Å²) in [6.45, 7) is 5.48.